The number of hydrogen-bond acceptors (Lipinski definition) is 5. The van der Waals surface area contributed by atoms with Crippen LogP contribution in [0.1, 0.15) is 29.9 Å². The number of hydrogen-bond donors (Lipinski definition) is 3. The summed E-state index contributed by atoms with van der Waals surface area (Å²) in [6.07, 6.45) is 10.1. The maximum absolute atomic E-state index is 3.97. The summed E-state index contributed by atoms with van der Waals surface area (Å²) >= 11 is 3.80. The van der Waals surface area contributed by atoms with E-state index in [0.717, 1.165) is 6.42 Å². The highest BCUT2D eigenvalue weighted by Crippen LogP contribution is 2.47. The Hall–Kier alpha value is -5.86. The Morgan fingerprint density at radius 3 is 1.88 bits per heavy atom. The lowest BCUT2D eigenvalue weighted by Gasteiger charge is -2.42. The molecule has 1 fully saturated rings. The Bertz CT molecular complexity index is 3190. The Kier molecular flexibility index (Phi) is 7.81. The Morgan fingerprint density at radius 1 is 0.491 bits per heavy atom. The summed E-state index contributed by atoms with van der Waals surface area (Å²) in [5, 5.41) is 19.6. The van der Waals surface area contributed by atoms with E-state index in [9.17, 15) is 0 Å². The van der Waals surface area contributed by atoms with Crippen LogP contribution in [0.5, 0.6) is 0 Å². The van der Waals surface area contributed by atoms with Gasteiger partial charge in [-0.3, -0.25) is 16.0 Å². The molecule has 10 aromatic rings. The molecule has 4 unspecified atom stereocenters. The molecular weight excluding hydrogens is 733 g/mol. The van der Waals surface area contributed by atoms with Crippen LogP contribution in [0, 0.1) is 5.92 Å². The average molecular weight is 771 g/mol. The van der Waals surface area contributed by atoms with Gasteiger partial charge in [0.15, 0.2) is 0 Å². The maximum atomic E-state index is 3.97. The molecule has 0 bridgehead atoms. The van der Waals surface area contributed by atoms with Crippen molar-refractivity contribution in [2.45, 2.75) is 24.9 Å². The number of rotatable bonds is 5. The first-order chi connectivity index (χ1) is 28.3. The maximum Gasteiger partial charge on any atom is 0.0862 e. The standard InChI is InChI=1S/C51H38N4S2/c1-3-14-31(15-4-1)49-52-50(32-16-5-2-6-17-32)54-51(53-49)33-28-29-43-39(30-33)47-37(21-12-26-44(47)56-43)36-20-13-27-45-46(36)38-22-11-25-42(48(38)57-45)55-40-23-9-7-18-34(40)35-19-8-10-24-41(35)55/h1-16,18-30,32,49-54H,17H2. The van der Waals surface area contributed by atoms with Gasteiger partial charge in [-0.05, 0) is 71.1 Å². The monoisotopic (exact) mass is 770 g/mol. The van der Waals surface area contributed by atoms with Crippen molar-refractivity contribution in [2.75, 3.05) is 0 Å². The minimum atomic E-state index is -0.0317. The zero-order valence-electron chi connectivity index (χ0n) is 31.0. The van der Waals surface area contributed by atoms with Crippen LogP contribution in [-0.4, -0.2) is 10.7 Å². The van der Waals surface area contributed by atoms with Crippen molar-refractivity contribution in [2.24, 2.45) is 5.92 Å². The summed E-state index contributed by atoms with van der Waals surface area (Å²) in [6.45, 7) is 0. The molecule has 0 radical (unpaired) electrons. The average Bonchev–Trinajstić information content (AvgIpc) is 3.96. The summed E-state index contributed by atoms with van der Waals surface area (Å²) in [5.74, 6) is 0.361. The minimum Gasteiger partial charge on any atom is -0.308 e. The van der Waals surface area contributed by atoms with Gasteiger partial charge in [-0.15, -0.1) is 22.7 Å². The number of allylic oxidation sites excluding steroid dienone is 3. The molecular formula is C51H38N4S2. The molecule has 0 amide bonds. The van der Waals surface area contributed by atoms with Gasteiger partial charge < -0.3 is 4.57 Å². The number of aromatic nitrogens is 1. The first kappa shape index (κ1) is 33.3. The van der Waals surface area contributed by atoms with Crippen LogP contribution in [0.4, 0.5) is 0 Å². The fourth-order valence-electron chi connectivity index (χ4n) is 9.46. The van der Waals surface area contributed by atoms with Gasteiger partial charge in [-0.25, -0.2) is 0 Å². The van der Waals surface area contributed by atoms with Crippen LogP contribution in [0.25, 0.3) is 79.0 Å². The molecule has 3 N–H and O–H groups in total. The van der Waals surface area contributed by atoms with Crippen LogP contribution in [0.2, 0.25) is 0 Å². The molecule has 6 heteroatoms. The van der Waals surface area contributed by atoms with Crippen molar-refractivity contribution >= 4 is 84.8 Å². The molecule has 12 rings (SSSR count). The Balaban J connectivity index is 1.01. The lowest BCUT2D eigenvalue weighted by molar-refractivity contribution is 0.170. The third-order valence-corrected chi connectivity index (χ3v) is 14.4. The lowest BCUT2D eigenvalue weighted by Crippen LogP contribution is -2.61. The van der Waals surface area contributed by atoms with E-state index in [1.807, 2.05) is 22.7 Å². The topological polar surface area (TPSA) is 41.0 Å². The van der Waals surface area contributed by atoms with Crippen molar-refractivity contribution in [1.29, 1.82) is 0 Å². The highest BCUT2D eigenvalue weighted by atomic mass is 32.1. The molecule has 0 spiro atoms. The summed E-state index contributed by atoms with van der Waals surface area (Å²) in [5.41, 5.74) is 8.76. The number of nitrogens with zero attached hydrogens (tertiary/aromatic N) is 1. The van der Waals surface area contributed by atoms with Crippen LogP contribution >= 0.6 is 22.7 Å². The van der Waals surface area contributed by atoms with E-state index < -0.39 is 0 Å². The van der Waals surface area contributed by atoms with Crippen LogP contribution < -0.4 is 16.0 Å². The van der Waals surface area contributed by atoms with Crippen molar-refractivity contribution in [3.8, 4) is 16.8 Å². The van der Waals surface area contributed by atoms with E-state index in [-0.39, 0.29) is 18.5 Å². The number of benzene rings is 7. The molecule has 1 aliphatic heterocycles. The molecule has 1 aliphatic carbocycles. The molecule has 2 aliphatic rings. The second-order valence-electron chi connectivity index (χ2n) is 15.3. The van der Waals surface area contributed by atoms with Gasteiger partial charge >= 0.3 is 0 Å². The van der Waals surface area contributed by atoms with Crippen molar-refractivity contribution < 1.29 is 0 Å². The van der Waals surface area contributed by atoms with E-state index >= 15 is 0 Å². The zero-order chi connectivity index (χ0) is 37.5. The predicted octanol–water partition coefficient (Wildman–Crippen LogP) is 13.1. The molecule has 4 heterocycles. The molecule has 4 atom stereocenters. The summed E-state index contributed by atoms with van der Waals surface area (Å²) in [6, 6.07) is 56.1. The van der Waals surface area contributed by atoms with Gasteiger partial charge in [0.05, 0.1) is 39.9 Å². The van der Waals surface area contributed by atoms with E-state index in [1.165, 1.54) is 90.1 Å². The molecule has 57 heavy (non-hydrogen) atoms. The lowest BCUT2D eigenvalue weighted by atomic mass is 9.93. The van der Waals surface area contributed by atoms with Crippen molar-refractivity contribution in [1.82, 2.24) is 20.5 Å². The van der Waals surface area contributed by atoms with E-state index in [0.29, 0.717) is 5.92 Å². The quantitative estimate of drug-likeness (QED) is 0.163. The Morgan fingerprint density at radius 2 is 1.14 bits per heavy atom. The first-order valence-electron chi connectivity index (χ1n) is 19.8. The van der Waals surface area contributed by atoms with Gasteiger partial charge in [0.25, 0.3) is 0 Å². The van der Waals surface area contributed by atoms with Gasteiger partial charge in [0.1, 0.15) is 0 Å². The summed E-state index contributed by atoms with van der Waals surface area (Å²) in [4.78, 5) is 0. The third-order valence-electron chi connectivity index (χ3n) is 12.1. The zero-order valence-corrected chi connectivity index (χ0v) is 32.7. The highest BCUT2D eigenvalue weighted by Gasteiger charge is 2.32. The van der Waals surface area contributed by atoms with Crippen molar-refractivity contribution in [3.05, 3.63) is 187 Å². The second kappa shape index (κ2) is 13.4. The summed E-state index contributed by atoms with van der Waals surface area (Å²) < 4.78 is 7.70. The molecule has 3 aromatic heterocycles. The van der Waals surface area contributed by atoms with Gasteiger partial charge in [-0.1, -0.05) is 133 Å². The molecule has 4 nitrogen and oxygen atoms in total. The summed E-state index contributed by atoms with van der Waals surface area (Å²) in [7, 11) is 0. The van der Waals surface area contributed by atoms with E-state index in [4.69, 9.17) is 0 Å². The minimum absolute atomic E-state index is 0.0177. The van der Waals surface area contributed by atoms with Crippen LogP contribution in [-0.2, 0) is 0 Å². The molecule has 0 saturated carbocycles. The van der Waals surface area contributed by atoms with Crippen molar-refractivity contribution in [3.63, 3.8) is 0 Å². The van der Waals surface area contributed by atoms with E-state index in [1.54, 1.807) is 0 Å². The smallest absolute Gasteiger partial charge is 0.0862 e. The fourth-order valence-corrected chi connectivity index (χ4v) is 11.8. The van der Waals surface area contributed by atoms with Gasteiger partial charge in [0, 0.05) is 52.3 Å². The first-order valence-corrected chi connectivity index (χ1v) is 21.4. The highest BCUT2D eigenvalue weighted by molar-refractivity contribution is 7.26. The number of thiophene rings is 2. The second-order valence-corrected chi connectivity index (χ2v) is 17.4. The SMILES string of the molecule is C1=CCC(C2NC(c3ccccc3)NC(c3ccc4sc5cccc(-c6cccc7sc8c(-n9c%10ccccc%10c%10ccccc%109)cccc8c67)c5c4c3)N2)C=C1. The van der Waals surface area contributed by atoms with Gasteiger partial charge in [0.2, 0.25) is 0 Å². The molecule has 7 aromatic carbocycles. The Labute approximate surface area is 338 Å². The fraction of sp³-hybridized carbons (Fsp3) is 0.0980. The molecule has 1 saturated heterocycles. The van der Waals surface area contributed by atoms with Crippen LogP contribution in [0.3, 0.4) is 0 Å². The normalized spacial score (nSPS) is 19.9. The van der Waals surface area contributed by atoms with Gasteiger partial charge in [-0.2, -0.15) is 0 Å². The molecule has 274 valence electrons. The van der Waals surface area contributed by atoms with Crippen LogP contribution in [0.15, 0.2) is 176 Å². The number of nitrogens with one attached hydrogen (secondary N) is 3. The number of para-hydroxylation sites is 2. The third kappa shape index (κ3) is 5.37. The largest absolute Gasteiger partial charge is 0.308 e. The van der Waals surface area contributed by atoms with E-state index in [2.05, 4.69) is 196 Å². The predicted molar refractivity (Wildman–Crippen MR) is 244 cm³/mol. The number of fused-ring (bicyclic) bond motifs is 9.